The molecule has 0 atom stereocenters. The smallest absolute Gasteiger partial charge is 0.354 e. The van der Waals surface area contributed by atoms with Crippen molar-refractivity contribution in [3.63, 3.8) is 0 Å². The zero-order valence-corrected chi connectivity index (χ0v) is 8.88. The summed E-state index contributed by atoms with van der Waals surface area (Å²) in [6.07, 6.45) is 0. The van der Waals surface area contributed by atoms with Crippen molar-refractivity contribution in [1.82, 2.24) is 4.98 Å². The van der Waals surface area contributed by atoms with E-state index in [0.29, 0.717) is 12.4 Å². The quantitative estimate of drug-likeness (QED) is 0.737. The molecule has 1 rings (SSSR count). The van der Waals surface area contributed by atoms with Crippen molar-refractivity contribution >= 4 is 17.7 Å². The van der Waals surface area contributed by atoms with Crippen LogP contribution in [0.2, 0.25) is 0 Å². The van der Waals surface area contributed by atoms with Crippen LogP contribution in [0.3, 0.4) is 0 Å². The number of carboxylic acids is 1. The average molecular weight is 223 g/mol. The molecule has 0 saturated heterocycles. The Morgan fingerprint density at radius 2 is 2.19 bits per heavy atom. The van der Waals surface area contributed by atoms with Crippen molar-refractivity contribution < 1.29 is 14.7 Å². The third-order valence-electron chi connectivity index (χ3n) is 2.01. The third-order valence-corrected chi connectivity index (χ3v) is 2.01. The maximum atomic E-state index is 10.8. The zero-order chi connectivity index (χ0) is 12.1. The Kier molecular flexibility index (Phi) is 3.82. The first-order valence-electron chi connectivity index (χ1n) is 4.78. The van der Waals surface area contributed by atoms with Crippen molar-refractivity contribution in [3.05, 3.63) is 23.9 Å². The number of pyridine rings is 1. The summed E-state index contributed by atoms with van der Waals surface area (Å²) < 4.78 is 0. The highest BCUT2D eigenvalue weighted by atomic mass is 16.4. The van der Waals surface area contributed by atoms with Crippen LogP contribution in [0, 0.1) is 0 Å². The van der Waals surface area contributed by atoms with Gasteiger partial charge in [-0.15, -0.1) is 0 Å². The number of nitrogens with zero attached hydrogens (tertiary/aromatic N) is 2. The van der Waals surface area contributed by atoms with E-state index in [-0.39, 0.29) is 12.2 Å². The van der Waals surface area contributed by atoms with E-state index in [1.165, 1.54) is 6.07 Å². The van der Waals surface area contributed by atoms with E-state index in [1.54, 1.807) is 17.0 Å². The monoisotopic (exact) mass is 223 g/mol. The number of nitrogens with two attached hydrogens (primary N) is 1. The molecule has 1 amide bonds. The molecule has 1 aromatic heterocycles. The summed E-state index contributed by atoms with van der Waals surface area (Å²) in [5, 5.41) is 8.77. The van der Waals surface area contributed by atoms with E-state index in [4.69, 9.17) is 10.8 Å². The Morgan fingerprint density at radius 3 is 2.69 bits per heavy atom. The number of primary amides is 1. The topological polar surface area (TPSA) is 96.5 Å². The van der Waals surface area contributed by atoms with Crippen LogP contribution >= 0.6 is 0 Å². The van der Waals surface area contributed by atoms with Gasteiger partial charge in [0.15, 0.2) is 5.69 Å². The van der Waals surface area contributed by atoms with Crippen molar-refractivity contribution in [3.8, 4) is 0 Å². The van der Waals surface area contributed by atoms with E-state index in [9.17, 15) is 9.59 Å². The standard InChI is InChI=1S/C10H13N3O3/c1-2-13(6-8(11)14)9-5-3-4-7(12-9)10(15)16/h3-5H,2,6H2,1H3,(H2,11,14)(H,15,16). The Morgan fingerprint density at radius 1 is 1.50 bits per heavy atom. The molecule has 0 radical (unpaired) electrons. The van der Waals surface area contributed by atoms with E-state index >= 15 is 0 Å². The molecule has 86 valence electrons. The lowest BCUT2D eigenvalue weighted by Gasteiger charge is -2.20. The highest BCUT2D eigenvalue weighted by molar-refractivity contribution is 5.86. The fraction of sp³-hybridized carbons (Fsp3) is 0.300. The zero-order valence-electron chi connectivity index (χ0n) is 8.88. The van der Waals surface area contributed by atoms with Gasteiger partial charge in [-0.3, -0.25) is 4.79 Å². The Labute approximate surface area is 92.7 Å². The van der Waals surface area contributed by atoms with Gasteiger partial charge in [-0.05, 0) is 19.1 Å². The van der Waals surface area contributed by atoms with Gasteiger partial charge in [0.05, 0.1) is 6.54 Å². The number of carbonyl (C=O) groups is 2. The summed E-state index contributed by atoms with van der Waals surface area (Å²) in [4.78, 5) is 27.0. The number of hydrogen-bond donors (Lipinski definition) is 2. The highest BCUT2D eigenvalue weighted by Gasteiger charge is 2.11. The number of aromatic nitrogens is 1. The lowest BCUT2D eigenvalue weighted by atomic mass is 10.3. The van der Waals surface area contributed by atoms with Crippen molar-refractivity contribution in [2.24, 2.45) is 5.73 Å². The summed E-state index contributed by atoms with van der Waals surface area (Å²) in [5.41, 5.74) is 5.02. The van der Waals surface area contributed by atoms with Crippen LogP contribution in [0.15, 0.2) is 18.2 Å². The van der Waals surface area contributed by atoms with Gasteiger partial charge in [-0.2, -0.15) is 0 Å². The fourth-order valence-electron chi connectivity index (χ4n) is 1.26. The maximum absolute atomic E-state index is 10.8. The minimum atomic E-state index is -1.10. The van der Waals surface area contributed by atoms with Gasteiger partial charge in [0, 0.05) is 6.54 Å². The summed E-state index contributed by atoms with van der Waals surface area (Å²) in [7, 11) is 0. The van der Waals surface area contributed by atoms with Gasteiger partial charge in [-0.25, -0.2) is 9.78 Å². The molecule has 1 heterocycles. The molecular weight excluding hydrogens is 210 g/mol. The maximum Gasteiger partial charge on any atom is 0.354 e. The van der Waals surface area contributed by atoms with Crippen LogP contribution in [0.1, 0.15) is 17.4 Å². The van der Waals surface area contributed by atoms with Crippen LogP contribution in [-0.4, -0.2) is 35.1 Å². The van der Waals surface area contributed by atoms with Crippen LogP contribution in [0.25, 0.3) is 0 Å². The molecule has 0 unspecified atom stereocenters. The van der Waals surface area contributed by atoms with Crippen LogP contribution < -0.4 is 10.6 Å². The van der Waals surface area contributed by atoms with Gasteiger partial charge < -0.3 is 15.7 Å². The number of anilines is 1. The number of hydrogen-bond acceptors (Lipinski definition) is 4. The van der Waals surface area contributed by atoms with E-state index < -0.39 is 11.9 Å². The average Bonchev–Trinajstić information content (AvgIpc) is 2.25. The molecular formula is C10H13N3O3. The number of likely N-dealkylation sites (N-methyl/N-ethyl adjacent to an activating group) is 1. The predicted octanol–water partition coefficient (Wildman–Crippen LogP) is 0.0914. The van der Waals surface area contributed by atoms with Gasteiger partial charge in [0.2, 0.25) is 5.91 Å². The van der Waals surface area contributed by atoms with Crippen LogP contribution in [0.5, 0.6) is 0 Å². The number of carboxylic acid groups (broad SMARTS) is 1. The third kappa shape index (κ3) is 2.94. The number of aromatic carboxylic acids is 1. The van der Waals surface area contributed by atoms with Crippen molar-refractivity contribution in [1.29, 1.82) is 0 Å². The predicted molar refractivity (Wildman–Crippen MR) is 58.3 cm³/mol. The number of carbonyl (C=O) groups excluding carboxylic acids is 1. The summed E-state index contributed by atoms with van der Waals surface area (Å²) >= 11 is 0. The number of amides is 1. The van der Waals surface area contributed by atoms with Crippen molar-refractivity contribution in [2.45, 2.75) is 6.92 Å². The molecule has 0 aromatic carbocycles. The molecule has 16 heavy (non-hydrogen) atoms. The Hall–Kier alpha value is -2.11. The minimum Gasteiger partial charge on any atom is -0.477 e. The SMILES string of the molecule is CCN(CC(N)=O)c1cccc(C(=O)O)n1. The molecule has 0 aliphatic heterocycles. The molecule has 6 heteroatoms. The Balaban J connectivity index is 2.96. The second-order valence-electron chi connectivity index (χ2n) is 3.17. The molecule has 0 bridgehead atoms. The minimum absolute atomic E-state index is 0.0204. The van der Waals surface area contributed by atoms with Gasteiger partial charge >= 0.3 is 5.97 Å². The molecule has 6 nitrogen and oxygen atoms in total. The second kappa shape index (κ2) is 5.11. The van der Waals surface area contributed by atoms with Crippen LogP contribution in [0.4, 0.5) is 5.82 Å². The van der Waals surface area contributed by atoms with Crippen molar-refractivity contribution in [2.75, 3.05) is 18.0 Å². The van der Waals surface area contributed by atoms with Gasteiger partial charge in [0.1, 0.15) is 5.82 Å². The first-order chi connectivity index (χ1) is 7.54. The van der Waals surface area contributed by atoms with Gasteiger partial charge in [-0.1, -0.05) is 6.07 Å². The molecule has 0 spiro atoms. The fourth-order valence-corrected chi connectivity index (χ4v) is 1.26. The summed E-state index contributed by atoms with van der Waals surface area (Å²) in [6, 6.07) is 4.61. The molecule has 0 fully saturated rings. The molecule has 3 N–H and O–H groups in total. The lowest BCUT2D eigenvalue weighted by Crippen LogP contribution is -2.34. The molecule has 1 aromatic rings. The molecule has 0 aliphatic rings. The van der Waals surface area contributed by atoms with Gasteiger partial charge in [0.25, 0.3) is 0 Å². The molecule has 0 aliphatic carbocycles. The van der Waals surface area contributed by atoms with Crippen LogP contribution in [-0.2, 0) is 4.79 Å². The van der Waals surface area contributed by atoms with E-state index in [2.05, 4.69) is 4.98 Å². The lowest BCUT2D eigenvalue weighted by molar-refractivity contribution is -0.116. The van der Waals surface area contributed by atoms with E-state index in [1.807, 2.05) is 6.92 Å². The first-order valence-corrected chi connectivity index (χ1v) is 4.78. The summed E-state index contributed by atoms with van der Waals surface area (Å²) in [6.45, 7) is 2.38. The highest BCUT2D eigenvalue weighted by Crippen LogP contribution is 2.10. The normalized spacial score (nSPS) is 9.81. The van der Waals surface area contributed by atoms with E-state index in [0.717, 1.165) is 0 Å². The molecule has 0 saturated carbocycles. The summed E-state index contributed by atoms with van der Waals surface area (Å²) in [5.74, 6) is -1.15. The second-order valence-corrected chi connectivity index (χ2v) is 3.17. The number of rotatable bonds is 5. The Bertz CT molecular complexity index is 406. The first kappa shape index (κ1) is 12.0. The largest absolute Gasteiger partial charge is 0.477 e.